The Morgan fingerprint density at radius 2 is 2.06 bits per heavy atom. The van der Waals surface area contributed by atoms with Gasteiger partial charge in [0.15, 0.2) is 0 Å². The third kappa shape index (κ3) is 2.80. The fourth-order valence-electron chi connectivity index (χ4n) is 1.27. The highest BCUT2D eigenvalue weighted by Gasteiger charge is 2.16. The van der Waals surface area contributed by atoms with Crippen LogP contribution in [0.1, 0.15) is 13.8 Å². The van der Waals surface area contributed by atoms with Crippen LogP contribution in [0.15, 0.2) is 29.9 Å². The maximum atomic E-state index is 8.89. The van der Waals surface area contributed by atoms with Crippen LogP contribution in [0.25, 0.3) is 10.4 Å². The Morgan fingerprint density at radius 3 is 2.59 bits per heavy atom. The van der Waals surface area contributed by atoms with E-state index >= 15 is 0 Å². The Kier molecular flexibility index (Phi) is 3.07. The van der Waals surface area contributed by atoms with Crippen LogP contribution < -0.4 is 5.32 Å². The first-order valence-electron chi connectivity index (χ1n) is 5.16. The molecule has 0 aromatic carbocycles. The van der Waals surface area contributed by atoms with Gasteiger partial charge in [0.2, 0.25) is 5.95 Å². The van der Waals surface area contributed by atoms with Gasteiger partial charge < -0.3 is 5.32 Å². The van der Waals surface area contributed by atoms with E-state index < -0.39 is 5.54 Å². The van der Waals surface area contributed by atoms with Gasteiger partial charge >= 0.3 is 0 Å². The standard InChI is InChI=1S/C12H12N4S/c1-12(2,8-13)16-11-14-6-9(7-15-11)10-4-3-5-17-10/h3-7H,1-2H3,(H,14,15,16). The van der Waals surface area contributed by atoms with Crippen molar-refractivity contribution in [2.75, 3.05) is 5.32 Å². The molecule has 0 aliphatic carbocycles. The zero-order chi connectivity index (χ0) is 12.3. The fraction of sp³-hybridized carbons (Fsp3) is 0.250. The lowest BCUT2D eigenvalue weighted by molar-refractivity contribution is 0.717. The van der Waals surface area contributed by atoms with Crippen LogP contribution in [0.2, 0.25) is 0 Å². The Labute approximate surface area is 104 Å². The topological polar surface area (TPSA) is 61.6 Å². The predicted molar refractivity (Wildman–Crippen MR) is 68.7 cm³/mol. The van der Waals surface area contributed by atoms with Crippen LogP contribution in [-0.4, -0.2) is 15.5 Å². The fourth-order valence-corrected chi connectivity index (χ4v) is 1.97. The lowest BCUT2D eigenvalue weighted by Gasteiger charge is -2.16. The Hall–Kier alpha value is -1.93. The lowest BCUT2D eigenvalue weighted by Crippen LogP contribution is -2.29. The minimum absolute atomic E-state index is 0.469. The number of rotatable bonds is 3. The highest BCUT2D eigenvalue weighted by molar-refractivity contribution is 7.13. The summed E-state index contributed by atoms with van der Waals surface area (Å²) in [6, 6.07) is 6.16. The molecule has 17 heavy (non-hydrogen) atoms. The minimum atomic E-state index is -0.662. The first kappa shape index (κ1) is 11.6. The molecular weight excluding hydrogens is 232 g/mol. The first-order valence-corrected chi connectivity index (χ1v) is 6.04. The summed E-state index contributed by atoms with van der Waals surface area (Å²) < 4.78 is 0. The van der Waals surface area contributed by atoms with Crippen LogP contribution in [0.3, 0.4) is 0 Å². The van der Waals surface area contributed by atoms with Gasteiger partial charge in [-0.25, -0.2) is 9.97 Å². The molecule has 0 unspecified atom stereocenters. The molecule has 0 aliphatic heterocycles. The summed E-state index contributed by atoms with van der Waals surface area (Å²) in [5, 5.41) is 13.9. The summed E-state index contributed by atoms with van der Waals surface area (Å²) in [5.41, 5.74) is 0.324. The summed E-state index contributed by atoms with van der Waals surface area (Å²) >= 11 is 1.65. The number of thiophene rings is 1. The van der Waals surface area contributed by atoms with E-state index in [4.69, 9.17) is 5.26 Å². The Morgan fingerprint density at radius 1 is 1.35 bits per heavy atom. The van der Waals surface area contributed by atoms with Gasteiger partial charge in [0.25, 0.3) is 0 Å². The van der Waals surface area contributed by atoms with Crippen molar-refractivity contribution < 1.29 is 0 Å². The van der Waals surface area contributed by atoms with Crippen molar-refractivity contribution in [3.8, 4) is 16.5 Å². The third-order valence-electron chi connectivity index (χ3n) is 2.16. The average molecular weight is 244 g/mol. The van der Waals surface area contributed by atoms with E-state index in [1.54, 1.807) is 37.6 Å². The number of hydrogen-bond acceptors (Lipinski definition) is 5. The molecule has 0 radical (unpaired) electrons. The van der Waals surface area contributed by atoms with Crippen molar-refractivity contribution in [3.05, 3.63) is 29.9 Å². The minimum Gasteiger partial charge on any atom is -0.336 e. The highest BCUT2D eigenvalue weighted by Crippen LogP contribution is 2.23. The zero-order valence-electron chi connectivity index (χ0n) is 9.64. The van der Waals surface area contributed by atoms with E-state index in [1.807, 2.05) is 17.5 Å². The van der Waals surface area contributed by atoms with Crippen LogP contribution in [0.5, 0.6) is 0 Å². The SMILES string of the molecule is CC(C)(C#N)Nc1ncc(-c2cccs2)cn1. The number of nitrogens with one attached hydrogen (secondary N) is 1. The normalized spacial score (nSPS) is 10.9. The van der Waals surface area contributed by atoms with E-state index in [2.05, 4.69) is 21.4 Å². The van der Waals surface area contributed by atoms with Crippen molar-refractivity contribution in [3.63, 3.8) is 0 Å². The largest absolute Gasteiger partial charge is 0.336 e. The Bertz CT molecular complexity index is 523. The first-order chi connectivity index (χ1) is 8.11. The lowest BCUT2D eigenvalue weighted by atomic mass is 10.1. The molecule has 5 heteroatoms. The molecule has 86 valence electrons. The maximum Gasteiger partial charge on any atom is 0.223 e. The summed E-state index contributed by atoms with van der Waals surface area (Å²) in [6.45, 7) is 3.56. The van der Waals surface area contributed by atoms with E-state index in [9.17, 15) is 0 Å². The summed E-state index contributed by atoms with van der Waals surface area (Å²) in [4.78, 5) is 9.54. The zero-order valence-corrected chi connectivity index (χ0v) is 10.5. The van der Waals surface area contributed by atoms with Crippen molar-refractivity contribution in [2.24, 2.45) is 0 Å². The molecule has 0 saturated heterocycles. The van der Waals surface area contributed by atoms with Gasteiger partial charge in [0.1, 0.15) is 5.54 Å². The molecule has 0 saturated carbocycles. The number of hydrogen-bond donors (Lipinski definition) is 1. The van der Waals surface area contributed by atoms with Crippen LogP contribution >= 0.6 is 11.3 Å². The van der Waals surface area contributed by atoms with Gasteiger partial charge in [0.05, 0.1) is 6.07 Å². The molecule has 0 atom stereocenters. The van der Waals surface area contributed by atoms with Crippen molar-refractivity contribution in [1.82, 2.24) is 9.97 Å². The van der Waals surface area contributed by atoms with E-state index in [1.165, 1.54) is 0 Å². The number of nitrogens with zero attached hydrogens (tertiary/aromatic N) is 3. The predicted octanol–water partition coefficient (Wildman–Crippen LogP) is 2.92. The number of anilines is 1. The summed E-state index contributed by atoms with van der Waals surface area (Å²) in [5.74, 6) is 0.469. The summed E-state index contributed by atoms with van der Waals surface area (Å²) in [7, 11) is 0. The molecule has 2 aromatic rings. The third-order valence-corrected chi connectivity index (χ3v) is 3.08. The van der Waals surface area contributed by atoms with Crippen LogP contribution in [-0.2, 0) is 0 Å². The molecule has 4 nitrogen and oxygen atoms in total. The second-order valence-electron chi connectivity index (χ2n) is 4.13. The second-order valence-corrected chi connectivity index (χ2v) is 5.08. The van der Waals surface area contributed by atoms with Gasteiger partial charge in [-0.3, -0.25) is 0 Å². The molecule has 0 amide bonds. The molecule has 0 bridgehead atoms. The molecular formula is C12H12N4S. The smallest absolute Gasteiger partial charge is 0.223 e. The van der Waals surface area contributed by atoms with Crippen LogP contribution in [0, 0.1) is 11.3 Å². The number of aromatic nitrogens is 2. The number of nitriles is 1. The monoisotopic (exact) mass is 244 g/mol. The molecule has 0 aliphatic rings. The summed E-state index contributed by atoms with van der Waals surface area (Å²) in [6.07, 6.45) is 3.52. The van der Waals surface area contributed by atoms with E-state index in [0.29, 0.717) is 5.95 Å². The van der Waals surface area contributed by atoms with Crippen molar-refractivity contribution >= 4 is 17.3 Å². The van der Waals surface area contributed by atoms with E-state index in [-0.39, 0.29) is 0 Å². The van der Waals surface area contributed by atoms with Gasteiger partial charge in [-0.1, -0.05) is 6.07 Å². The highest BCUT2D eigenvalue weighted by atomic mass is 32.1. The average Bonchev–Trinajstić information content (AvgIpc) is 2.83. The van der Waals surface area contributed by atoms with Crippen LogP contribution in [0.4, 0.5) is 5.95 Å². The maximum absolute atomic E-state index is 8.89. The molecule has 2 rings (SSSR count). The molecule has 0 fully saturated rings. The Balaban J connectivity index is 2.17. The van der Waals surface area contributed by atoms with Gasteiger partial charge in [-0.2, -0.15) is 5.26 Å². The molecule has 0 spiro atoms. The van der Waals surface area contributed by atoms with Crippen molar-refractivity contribution in [2.45, 2.75) is 19.4 Å². The quantitative estimate of drug-likeness (QED) is 0.901. The molecule has 2 aromatic heterocycles. The van der Waals surface area contributed by atoms with Gasteiger partial charge in [-0.15, -0.1) is 11.3 Å². The van der Waals surface area contributed by atoms with Crippen molar-refractivity contribution in [1.29, 1.82) is 5.26 Å². The molecule has 2 heterocycles. The van der Waals surface area contributed by atoms with Gasteiger partial charge in [0, 0.05) is 22.8 Å². The van der Waals surface area contributed by atoms with E-state index in [0.717, 1.165) is 10.4 Å². The van der Waals surface area contributed by atoms with Gasteiger partial charge in [-0.05, 0) is 25.3 Å². The second kappa shape index (κ2) is 4.52. The molecule has 1 N–H and O–H groups in total.